The summed E-state index contributed by atoms with van der Waals surface area (Å²) in [7, 11) is -3.62. The first-order chi connectivity index (χ1) is 9.78. The summed E-state index contributed by atoms with van der Waals surface area (Å²) in [6, 6.07) is 4.21. The van der Waals surface area contributed by atoms with Crippen LogP contribution in [0, 0.1) is 11.2 Å². The van der Waals surface area contributed by atoms with Gasteiger partial charge in [-0.25, -0.2) is 17.9 Å². The summed E-state index contributed by atoms with van der Waals surface area (Å²) in [6.07, 6.45) is 1.08. The van der Waals surface area contributed by atoms with Gasteiger partial charge in [0.15, 0.2) is 0 Å². The molecule has 1 aromatic carbocycles. The molecule has 0 radical (unpaired) electrons. The standard InChI is InChI=1S/C13H17BrFNO4S/c14-10-5-11(15)7-12(6-10)20-8-13(9-21(16,17)18)1-3-19-4-2-13/h5-7H,1-4,8-9H2,(H2,16,17,18). The third-order valence-corrected chi connectivity index (χ3v) is 4.91. The molecule has 0 atom stereocenters. The van der Waals surface area contributed by atoms with Crippen LogP contribution in [-0.2, 0) is 14.8 Å². The van der Waals surface area contributed by atoms with Gasteiger partial charge < -0.3 is 9.47 Å². The molecule has 0 bridgehead atoms. The molecule has 1 fully saturated rings. The fourth-order valence-corrected chi connectivity index (χ4v) is 4.08. The summed E-state index contributed by atoms with van der Waals surface area (Å²) in [5.41, 5.74) is -0.593. The Labute approximate surface area is 131 Å². The molecule has 8 heteroatoms. The fourth-order valence-electron chi connectivity index (χ4n) is 2.41. The lowest BCUT2D eigenvalue weighted by Gasteiger charge is -2.36. The Morgan fingerprint density at radius 3 is 2.57 bits per heavy atom. The zero-order chi connectivity index (χ0) is 15.5. The molecule has 0 saturated carbocycles. The third-order valence-electron chi connectivity index (χ3n) is 3.44. The van der Waals surface area contributed by atoms with Gasteiger partial charge in [-0.3, -0.25) is 0 Å². The minimum absolute atomic E-state index is 0.155. The summed E-state index contributed by atoms with van der Waals surface area (Å²) in [6.45, 7) is 1.08. The van der Waals surface area contributed by atoms with Gasteiger partial charge in [-0.05, 0) is 25.0 Å². The summed E-state index contributed by atoms with van der Waals surface area (Å²) in [4.78, 5) is 0. The van der Waals surface area contributed by atoms with E-state index in [2.05, 4.69) is 15.9 Å². The van der Waals surface area contributed by atoms with E-state index >= 15 is 0 Å². The zero-order valence-corrected chi connectivity index (χ0v) is 13.8. The Bertz CT molecular complexity index is 582. The molecule has 2 rings (SSSR count). The van der Waals surface area contributed by atoms with Gasteiger partial charge in [0.2, 0.25) is 10.0 Å². The van der Waals surface area contributed by atoms with E-state index in [1.165, 1.54) is 12.1 Å². The quantitative estimate of drug-likeness (QED) is 0.846. The average Bonchev–Trinajstić information content (AvgIpc) is 2.34. The SMILES string of the molecule is NS(=O)(=O)CC1(COc2cc(F)cc(Br)c2)CCOCC1. The molecule has 0 aliphatic carbocycles. The van der Waals surface area contributed by atoms with Gasteiger partial charge in [0, 0.05) is 29.2 Å². The molecular weight excluding hydrogens is 365 g/mol. The maximum atomic E-state index is 13.3. The van der Waals surface area contributed by atoms with E-state index in [9.17, 15) is 12.8 Å². The number of ether oxygens (including phenoxy) is 2. The van der Waals surface area contributed by atoms with Gasteiger partial charge in [-0.2, -0.15) is 0 Å². The highest BCUT2D eigenvalue weighted by molar-refractivity contribution is 9.10. The second-order valence-corrected chi connectivity index (χ2v) is 7.84. The maximum Gasteiger partial charge on any atom is 0.209 e. The lowest BCUT2D eigenvalue weighted by Crippen LogP contribution is -2.42. The largest absolute Gasteiger partial charge is 0.493 e. The van der Waals surface area contributed by atoms with Crippen LogP contribution in [-0.4, -0.2) is 34.0 Å². The van der Waals surface area contributed by atoms with Gasteiger partial charge in [0.05, 0.1) is 12.4 Å². The van der Waals surface area contributed by atoms with Crippen LogP contribution in [0.15, 0.2) is 22.7 Å². The van der Waals surface area contributed by atoms with Crippen molar-refractivity contribution in [2.45, 2.75) is 12.8 Å². The van der Waals surface area contributed by atoms with Crippen molar-refractivity contribution in [1.29, 1.82) is 0 Å². The van der Waals surface area contributed by atoms with Gasteiger partial charge in [0.1, 0.15) is 11.6 Å². The number of hydrogen-bond acceptors (Lipinski definition) is 4. The highest BCUT2D eigenvalue weighted by Crippen LogP contribution is 2.33. The Morgan fingerprint density at radius 1 is 1.33 bits per heavy atom. The van der Waals surface area contributed by atoms with Crippen LogP contribution < -0.4 is 9.88 Å². The monoisotopic (exact) mass is 381 g/mol. The Kier molecular flexibility index (Phi) is 5.24. The highest BCUT2D eigenvalue weighted by Gasteiger charge is 2.37. The normalized spacial score (nSPS) is 18.4. The van der Waals surface area contributed by atoms with Crippen LogP contribution in [0.5, 0.6) is 5.75 Å². The second kappa shape index (κ2) is 6.60. The molecule has 5 nitrogen and oxygen atoms in total. The van der Waals surface area contributed by atoms with Gasteiger partial charge in [-0.1, -0.05) is 15.9 Å². The molecule has 2 N–H and O–H groups in total. The Hall–Kier alpha value is -0.700. The van der Waals surface area contributed by atoms with E-state index in [1.807, 2.05) is 0 Å². The molecule has 1 aromatic rings. The van der Waals surface area contributed by atoms with E-state index in [0.717, 1.165) is 0 Å². The van der Waals surface area contributed by atoms with E-state index in [1.54, 1.807) is 6.07 Å². The second-order valence-electron chi connectivity index (χ2n) is 5.31. The third kappa shape index (κ3) is 5.21. The van der Waals surface area contributed by atoms with E-state index < -0.39 is 21.3 Å². The topological polar surface area (TPSA) is 78.6 Å². The number of primary sulfonamides is 1. The predicted octanol–water partition coefficient (Wildman–Crippen LogP) is 2.05. The number of halogens is 2. The molecule has 1 aliphatic rings. The minimum atomic E-state index is -3.62. The Morgan fingerprint density at radius 2 is 2.00 bits per heavy atom. The fraction of sp³-hybridized carbons (Fsp3) is 0.538. The summed E-state index contributed by atoms with van der Waals surface area (Å²) >= 11 is 3.19. The lowest BCUT2D eigenvalue weighted by molar-refractivity contribution is 0.00203. The molecule has 21 heavy (non-hydrogen) atoms. The predicted molar refractivity (Wildman–Crippen MR) is 80.1 cm³/mol. The smallest absolute Gasteiger partial charge is 0.209 e. The van der Waals surface area contributed by atoms with Crippen molar-refractivity contribution >= 4 is 26.0 Å². The number of benzene rings is 1. The molecular formula is C13H17BrFNO4S. The highest BCUT2D eigenvalue weighted by atomic mass is 79.9. The van der Waals surface area contributed by atoms with E-state index in [-0.39, 0.29) is 12.4 Å². The van der Waals surface area contributed by atoms with Crippen molar-refractivity contribution in [3.63, 3.8) is 0 Å². The first-order valence-electron chi connectivity index (χ1n) is 6.45. The number of rotatable bonds is 5. The molecule has 1 heterocycles. The van der Waals surface area contributed by atoms with Gasteiger partial charge in [-0.15, -0.1) is 0 Å². The first-order valence-corrected chi connectivity index (χ1v) is 8.96. The van der Waals surface area contributed by atoms with Crippen LogP contribution in [0.2, 0.25) is 0 Å². The number of hydrogen-bond donors (Lipinski definition) is 1. The molecule has 118 valence electrons. The van der Waals surface area contributed by atoms with Crippen LogP contribution in [0.25, 0.3) is 0 Å². The molecule has 1 saturated heterocycles. The number of nitrogens with two attached hydrogens (primary N) is 1. The minimum Gasteiger partial charge on any atom is -0.493 e. The van der Waals surface area contributed by atoms with Crippen LogP contribution >= 0.6 is 15.9 Å². The van der Waals surface area contributed by atoms with Crippen molar-refractivity contribution in [2.75, 3.05) is 25.6 Å². The van der Waals surface area contributed by atoms with Crippen molar-refractivity contribution < 1.29 is 22.3 Å². The summed E-state index contributed by atoms with van der Waals surface area (Å²) in [5, 5.41) is 5.18. The number of sulfonamides is 1. The van der Waals surface area contributed by atoms with Gasteiger partial charge >= 0.3 is 0 Å². The Balaban J connectivity index is 2.11. The van der Waals surface area contributed by atoms with Crippen LogP contribution in [0.3, 0.4) is 0 Å². The van der Waals surface area contributed by atoms with Crippen LogP contribution in [0.1, 0.15) is 12.8 Å². The van der Waals surface area contributed by atoms with Crippen molar-refractivity contribution in [3.8, 4) is 5.75 Å². The lowest BCUT2D eigenvalue weighted by atomic mass is 9.83. The van der Waals surface area contributed by atoms with Crippen molar-refractivity contribution in [2.24, 2.45) is 10.6 Å². The van der Waals surface area contributed by atoms with E-state index in [4.69, 9.17) is 14.6 Å². The molecule has 0 amide bonds. The molecule has 0 aromatic heterocycles. The molecule has 0 unspecified atom stereocenters. The summed E-state index contributed by atoms with van der Waals surface area (Å²) in [5.74, 6) is -0.242. The zero-order valence-electron chi connectivity index (χ0n) is 11.3. The average molecular weight is 382 g/mol. The van der Waals surface area contributed by atoms with Crippen molar-refractivity contribution in [3.05, 3.63) is 28.5 Å². The van der Waals surface area contributed by atoms with E-state index in [0.29, 0.717) is 36.3 Å². The maximum absolute atomic E-state index is 13.3. The van der Waals surface area contributed by atoms with Gasteiger partial charge in [0.25, 0.3) is 0 Å². The molecule has 0 spiro atoms. The first kappa shape index (κ1) is 16.7. The van der Waals surface area contributed by atoms with Crippen molar-refractivity contribution in [1.82, 2.24) is 0 Å². The summed E-state index contributed by atoms with van der Waals surface area (Å²) < 4.78 is 47.6. The van der Waals surface area contributed by atoms with Crippen LogP contribution in [0.4, 0.5) is 4.39 Å². The molecule has 1 aliphatic heterocycles.